The molecule has 2 heterocycles. The normalized spacial score (nSPS) is 10.6. The average molecular weight is 241 g/mol. The van der Waals surface area contributed by atoms with Gasteiger partial charge in [0, 0.05) is 25.0 Å². The van der Waals surface area contributed by atoms with Crippen LogP contribution in [0.2, 0.25) is 0 Å². The minimum atomic E-state index is 0.763. The average Bonchev–Trinajstić information content (AvgIpc) is 2.62. The van der Waals surface area contributed by atoms with Crippen LogP contribution in [0.3, 0.4) is 0 Å². The van der Waals surface area contributed by atoms with Crippen molar-refractivity contribution in [1.82, 2.24) is 19.6 Å². The summed E-state index contributed by atoms with van der Waals surface area (Å²) in [4.78, 5) is 0. The molecule has 13 heavy (non-hydrogen) atoms. The molecule has 0 spiro atoms. The summed E-state index contributed by atoms with van der Waals surface area (Å²) >= 11 is 3.35. The zero-order chi connectivity index (χ0) is 9.26. The standard InChI is InChI=1S/C8H9BrN4/c1-12-4-7(2-10-12)5-13-6-8(9)3-11-13/h2-4,6H,5H2,1H3. The molecule has 2 rings (SSSR count). The highest BCUT2D eigenvalue weighted by Crippen LogP contribution is 2.08. The Labute approximate surface area is 84.3 Å². The summed E-state index contributed by atoms with van der Waals surface area (Å²) in [5, 5.41) is 8.24. The second-order valence-electron chi connectivity index (χ2n) is 2.88. The van der Waals surface area contributed by atoms with Gasteiger partial charge in [0.1, 0.15) is 0 Å². The lowest BCUT2D eigenvalue weighted by molar-refractivity contribution is 0.685. The molecule has 0 saturated heterocycles. The molecule has 0 aromatic carbocycles. The van der Waals surface area contributed by atoms with Crippen molar-refractivity contribution in [2.75, 3.05) is 0 Å². The number of nitrogens with zero attached hydrogens (tertiary/aromatic N) is 4. The van der Waals surface area contributed by atoms with Gasteiger partial charge in [0.15, 0.2) is 0 Å². The third-order valence-electron chi connectivity index (χ3n) is 1.70. The number of hydrogen-bond donors (Lipinski definition) is 0. The van der Waals surface area contributed by atoms with Crippen molar-refractivity contribution in [3.8, 4) is 0 Å². The number of halogens is 1. The van der Waals surface area contributed by atoms with Crippen molar-refractivity contribution < 1.29 is 0 Å². The van der Waals surface area contributed by atoms with Gasteiger partial charge in [0.2, 0.25) is 0 Å². The first-order valence-electron chi connectivity index (χ1n) is 3.89. The summed E-state index contributed by atoms with van der Waals surface area (Å²) in [7, 11) is 1.91. The van der Waals surface area contributed by atoms with Crippen LogP contribution in [0.25, 0.3) is 0 Å². The van der Waals surface area contributed by atoms with Crippen molar-refractivity contribution in [3.05, 3.63) is 34.8 Å². The van der Waals surface area contributed by atoms with Gasteiger partial charge in [0.05, 0.1) is 23.4 Å². The molecule has 0 saturated carbocycles. The predicted octanol–water partition coefficient (Wildman–Crippen LogP) is 1.43. The topological polar surface area (TPSA) is 35.6 Å². The smallest absolute Gasteiger partial charge is 0.0690 e. The monoisotopic (exact) mass is 240 g/mol. The van der Waals surface area contributed by atoms with E-state index in [0.29, 0.717) is 0 Å². The number of hydrogen-bond acceptors (Lipinski definition) is 2. The van der Waals surface area contributed by atoms with E-state index in [4.69, 9.17) is 0 Å². The molecule has 0 radical (unpaired) electrons. The van der Waals surface area contributed by atoms with Gasteiger partial charge in [-0.1, -0.05) is 0 Å². The minimum Gasteiger partial charge on any atom is -0.275 e. The summed E-state index contributed by atoms with van der Waals surface area (Å²) in [6, 6.07) is 0. The third-order valence-corrected chi connectivity index (χ3v) is 2.11. The SMILES string of the molecule is Cn1cc(Cn2cc(Br)cn2)cn1. The van der Waals surface area contributed by atoms with Crippen LogP contribution in [-0.2, 0) is 13.6 Å². The number of rotatable bonds is 2. The Morgan fingerprint density at radius 2 is 2.15 bits per heavy atom. The van der Waals surface area contributed by atoms with E-state index < -0.39 is 0 Å². The van der Waals surface area contributed by atoms with E-state index >= 15 is 0 Å². The lowest BCUT2D eigenvalue weighted by Crippen LogP contribution is -1.98. The predicted molar refractivity (Wildman–Crippen MR) is 52.2 cm³/mol. The van der Waals surface area contributed by atoms with Crippen LogP contribution in [0.15, 0.2) is 29.3 Å². The third kappa shape index (κ3) is 1.98. The molecular formula is C8H9BrN4. The zero-order valence-corrected chi connectivity index (χ0v) is 8.77. The van der Waals surface area contributed by atoms with Crippen LogP contribution in [0.4, 0.5) is 0 Å². The first-order valence-corrected chi connectivity index (χ1v) is 4.69. The van der Waals surface area contributed by atoms with Crippen molar-refractivity contribution in [1.29, 1.82) is 0 Å². The summed E-state index contributed by atoms with van der Waals surface area (Å²) in [6.07, 6.45) is 7.54. The fraction of sp³-hybridized carbons (Fsp3) is 0.250. The highest BCUT2D eigenvalue weighted by molar-refractivity contribution is 9.10. The molecule has 0 aliphatic rings. The molecule has 4 nitrogen and oxygen atoms in total. The fourth-order valence-corrected chi connectivity index (χ4v) is 1.49. The van der Waals surface area contributed by atoms with E-state index in [1.807, 2.05) is 30.3 Å². The van der Waals surface area contributed by atoms with Crippen LogP contribution < -0.4 is 0 Å². The molecular weight excluding hydrogens is 232 g/mol. The molecule has 2 aromatic heterocycles. The van der Waals surface area contributed by atoms with Gasteiger partial charge in [-0.3, -0.25) is 9.36 Å². The maximum atomic E-state index is 4.15. The molecule has 0 bridgehead atoms. The second-order valence-corrected chi connectivity index (χ2v) is 3.79. The van der Waals surface area contributed by atoms with Gasteiger partial charge in [-0.2, -0.15) is 10.2 Å². The Bertz CT molecular complexity index is 365. The van der Waals surface area contributed by atoms with Crippen molar-refractivity contribution >= 4 is 15.9 Å². The zero-order valence-electron chi connectivity index (χ0n) is 7.18. The quantitative estimate of drug-likeness (QED) is 0.797. The molecule has 0 atom stereocenters. The van der Waals surface area contributed by atoms with E-state index in [-0.39, 0.29) is 0 Å². The van der Waals surface area contributed by atoms with Gasteiger partial charge in [-0.15, -0.1) is 0 Å². The highest BCUT2D eigenvalue weighted by Gasteiger charge is 1.98. The summed E-state index contributed by atoms with van der Waals surface area (Å²) in [6.45, 7) is 0.763. The van der Waals surface area contributed by atoms with E-state index in [9.17, 15) is 0 Å². The minimum absolute atomic E-state index is 0.763. The van der Waals surface area contributed by atoms with E-state index in [2.05, 4.69) is 26.1 Å². The number of aryl methyl sites for hydroxylation is 1. The second kappa shape index (κ2) is 3.33. The van der Waals surface area contributed by atoms with Crippen molar-refractivity contribution in [2.24, 2.45) is 7.05 Å². The molecule has 68 valence electrons. The highest BCUT2D eigenvalue weighted by atomic mass is 79.9. The van der Waals surface area contributed by atoms with Crippen molar-refractivity contribution in [2.45, 2.75) is 6.54 Å². The van der Waals surface area contributed by atoms with Gasteiger partial charge < -0.3 is 0 Å². The van der Waals surface area contributed by atoms with Crippen LogP contribution in [0.1, 0.15) is 5.56 Å². The Balaban J connectivity index is 2.14. The molecule has 0 N–H and O–H groups in total. The maximum Gasteiger partial charge on any atom is 0.0690 e. The molecule has 0 aliphatic heterocycles. The molecule has 0 amide bonds. The van der Waals surface area contributed by atoms with E-state index in [1.165, 1.54) is 0 Å². The maximum absolute atomic E-state index is 4.15. The van der Waals surface area contributed by atoms with Gasteiger partial charge in [-0.05, 0) is 15.9 Å². The van der Waals surface area contributed by atoms with Crippen LogP contribution in [0.5, 0.6) is 0 Å². The van der Waals surface area contributed by atoms with E-state index in [0.717, 1.165) is 16.6 Å². The molecule has 5 heteroatoms. The van der Waals surface area contributed by atoms with Crippen molar-refractivity contribution in [3.63, 3.8) is 0 Å². The molecule has 0 aliphatic carbocycles. The van der Waals surface area contributed by atoms with E-state index in [1.54, 1.807) is 10.9 Å². The summed E-state index contributed by atoms with van der Waals surface area (Å²) in [5.41, 5.74) is 1.15. The van der Waals surface area contributed by atoms with Gasteiger partial charge in [-0.25, -0.2) is 0 Å². The Morgan fingerprint density at radius 1 is 1.31 bits per heavy atom. The fourth-order valence-electron chi connectivity index (χ4n) is 1.17. The van der Waals surface area contributed by atoms with Crippen LogP contribution >= 0.6 is 15.9 Å². The van der Waals surface area contributed by atoms with Crippen LogP contribution in [-0.4, -0.2) is 19.6 Å². The van der Waals surface area contributed by atoms with Gasteiger partial charge in [0.25, 0.3) is 0 Å². The molecule has 0 unspecified atom stereocenters. The Morgan fingerprint density at radius 3 is 2.69 bits per heavy atom. The first kappa shape index (κ1) is 8.50. The summed E-state index contributed by atoms with van der Waals surface area (Å²) < 4.78 is 4.64. The molecule has 0 fully saturated rings. The lowest BCUT2D eigenvalue weighted by atomic mass is 10.4. The number of aromatic nitrogens is 4. The Hall–Kier alpha value is -1.10. The first-order chi connectivity index (χ1) is 6.24. The van der Waals surface area contributed by atoms with Crippen LogP contribution in [0, 0.1) is 0 Å². The summed E-state index contributed by atoms with van der Waals surface area (Å²) in [5.74, 6) is 0. The molecule has 2 aromatic rings. The lowest BCUT2D eigenvalue weighted by Gasteiger charge is -1.95. The Kier molecular flexibility index (Phi) is 2.18. The van der Waals surface area contributed by atoms with Gasteiger partial charge >= 0.3 is 0 Å². The largest absolute Gasteiger partial charge is 0.275 e.